The van der Waals surface area contributed by atoms with Crippen LogP contribution in [0.4, 0.5) is 4.39 Å². The SMILES string of the molecule is CS(=O)(=O)c1ccc(C(=O)NC2=CC=CN([C@H]3CCC[C@@](O)(C#Cc4cccc(Cl)c4)C3)C2C(=O)O)cc1.O=C(N[C@H]1CCC[C@@](O)(C#Cc2cccc(Cl)c2)C1)c1ccccc1F. The summed E-state index contributed by atoms with van der Waals surface area (Å²) in [4.78, 5) is 39.2. The lowest BCUT2D eigenvalue weighted by Crippen LogP contribution is -2.53. The molecule has 2 amide bonds. The number of hydrogen-bond donors (Lipinski definition) is 5. The first-order chi connectivity index (χ1) is 30.4. The monoisotopic (exact) mass is 925 g/mol. The summed E-state index contributed by atoms with van der Waals surface area (Å²) < 4.78 is 37.1. The summed E-state index contributed by atoms with van der Waals surface area (Å²) in [6.45, 7) is 0. The maximum atomic E-state index is 13.7. The Hall–Kier alpha value is -5.93. The standard InChI is InChI=1S/C28H27ClN2O6S.C21H19ClFNO2/c1-38(36,37)23-11-9-20(10-12-23)26(32)30-24-8-4-16-31(25(24)27(33)34)22-7-3-14-28(35,18-22)15-13-19-5-2-6-21(29)17-19;22-16-6-3-5-15(13-16)10-12-21(26)11-4-7-17(14-21)24-20(25)18-8-1-2-9-19(18)23/h2,4-6,8-12,16-17,22,25,35H,3,7,14,18H2,1H3,(H,30,32)(H,33,34);1-3,5-6,8-9,13,17,26H,4,7,11,14H2,(H,24,25)/t22-,25?,28+;17-,21+/m00/s1. The number of amides is 2. The van der Waals surface area contributed by atoms with Crippen LogP contribution in [0.2, 0.25) is 10.0 Å². The average molecular weight is 927 g/mol. The van der Waals surface area contributed by atoms with Gasteiger partial charge in [-0.05, 0) is 123 Å². The number of nitrogens with one attached hydrogen (secondary N) is 2. The maximum absolute atomic E-state index is 13.7. The molecule has 332 valence electrons. The summed E-state index contributed by atoms with van der Waals surface area (Å²) in [5, 5.41) is 38.7. The minimum Gasteiger partial charge on any atom is -0.479 e. The van der Waals surface area contributed by atoms with E-state index in [0.29, 0.717) is 47.7 Å². The summed E-state index contributed by atoms with van der Waals surface area (Å²) in [5.41, 5.74) is -0.744. The zero-order valence-electron chi connectivity index (χ0n) is 34.7. The zero-order chi connectivity index (χ0) is 46.1. The number of carboxylic acid groups (broad SMARTS) is 1. The lowest BCUT2D eigenvalue weighted by atomic mass is 9.80. The van der Waals surface area contributed by atoms with Crippen LogP contribution in [-0.2, 0) is 14.6 Å². The van der Waals surface area contributed by atoms with Gasteiger partial charge in [-0.25, -0.2) is 17.6 Å². The number of nitrogens with zero attached hydrogens (tertiary/aromatic N) is 1. The molecule has 0 radical (unpaired) electrons. The Balaban J connectivity index is 0.000000228. The van der Waals surface area contributed by atoms with Gasteiger partial charge in [-0.1, -0.05) is 71.1 Å². The molecule has 2 saturated carbocycles. The largest absolute Gasteiger partial charge is 0.479 e. The van der Waals surface area contributed by atoms with Crippen molar-refractivity contribution in [2.45, 2.75) is 85.6 Å². The number of aliphatic hydroxyl groups is 2. The molecule has 2 fully saturated rings. The van der Waals surface area contributed by atoms with E-state index in [4.69, 9.17) is 23.2 Å². The van der Waals surface area contributed by atoms with Crippen LogP contribution < -0.4 is 10.6 Å². The molecule has 15 heteroatoms. The van der Waals surface area contributed by atoms with Gasteiger partial charge in [0.25, 0.3) is 11.8 Å². The molecule has 1 unspecified atom stereocenters. The Morgan fingerprint density at radius 1 is 0.797 bits per heavy atom. The normalized spacial score (nSPS) is 22.8. The number of carboxylic acids is 1. The minimum atomic E-state index is -3.42. The highest BCUT2D eigenvalue weighted by Gasteiger charge is 2.41. The van der Waals surface area contributed by atoms with E-state index in [9.17, 15) is 42.5 Å². The first-order valence-electron chi connectivity index (χ1n) is 20.5. The molecule has 1 heterocycles. The molecule has 0 saturated heterocycles. The second-order valence-corrected chi connectivity index (χ2v) is 18.9. The number of halogens is 3. The molecule has 0 spiro atoms. The van der Waals surface area contributed by atoms with Crippen LogP contribution >= 0.6 is 23.2 Å². The number of rotatable bonds is 7. The molecule has 5 N–H and O–H groups in total. The zero-order valence-corrected chi connectivity index (χ0v) is 37.1. The fourth-order valence-corrected chi connectivity index (χ4v) is 8.85. The summed E-state index contributed by atoms with van der Waals surface area (Å²) in [7, 11) is -3.42. The van der Waals surface area contributed by atoms with Gasteiger partial charge in [0, 0.05) is 64.1 Å². The van der Waals surface area contributed by atoms with Crippen molar-refractivity contribution in [2.75, 3.05) is 6.26 Å². The highest BCUT2D eigenvalue weighted by Crippen LogP contribution is 2.34. The van der Waals surface area contributed by atoms with E-state index in [-0.39, 0.29) is 40.2 Å². The minimum absolute atomic E-state index is 0.00613. The molecule has 4 aromatic carbocycles. The first-order valence-corrected chi connectivity index (χ1v) is 23.1. The number of sulfone groups is 1. The molecule has 0 aromatic heterocycles. The Morgan fingerprint density at radius 3 is 1.97 bits per heavy atom. The van der Waals surface area contributed by atoms with Gasteiger partial charge in [0.2, 0.25) is 0 Å². The smallest absolute Gasteiger partial charge is 0.332 e. The number of aliphatic carboxylic acids is 1. The molecule has 4 aromatic rings. The fraction of sp³-hybridized carbons (Fsp3) is 0.286. The molecule has 5 atom stereocenters. The summed E-state index contributed by atoms with van der Waals surface area (Å²) in [5.74, 6) is 9.05. The molecular formula is C49H46Cl2FN3O8S. The quantitative estimate of drug-likeness (QED) is 0.119. The lowest BCUT2D eigenvalue weighted by Gasteiger charge is -2.43. The molecule has 3 aliphatic rings. The Morgan fingerprint density at radius 2 is 1.39 bits per heavy atom. The van der Waals surface area contributed by atoms with Crippen LogP contribution in [0.1, 0.15) is 83.2 Å². The van der Waals surface area contributed by atoms with Crippen molar-refractivity contribution in [2.24, 2.45) is 0 Å². The second kappa shape index (κ2) is 20.7. The fourth-order valence-electron chi connectivity index (χ4n) is 7.84. The van der Waals surface area contributed by atoms with Crippen molar-refractivity contribution in [1.82, 2.24) is 15.5 Å². The number of hydrogen-bond acceptors (Lipinski definition) is 8. The molecular weight excluding hydrogens is 881 g/mol. The third-order valence-corrected chi connectivity index (χ3v) is 12.6. The summed E-state index contributed by atoms with van der Waals surface area (Å²) in [6.07, 6.45) is 10.1. The number of allylic oxidation sites excluding steroid dienone is 2. The molecule has 2 aliphatic carbocycles. The van der Waals surface area contributed by atoms with E-state index < -0.39 is 50.7 Å². The molecule has 7 rings (SSSR count). The number of carbonyl (C=O) groups excluding carboxylic acids is 2. The maximum Gasteiger partial charge on any atom is 0.332 e. The van der Waals surface area contributed by atoms with E-state index >= 15 is 0 Å². The van der Waals surface area contributed by atoms with Crippen molar-refractivity contribution < 1.29 is 42.5 Å². The van der Waals surface area contributed by atoms with Crippen LogP contribution in [0.5, 0.6) is 0 Å². The van der Waals surface area contributed by atoms with Crippen molar-refractivity contribution in [3.63, 3.8) is 0 Å². The Bertz CT molecular complexity index is 2710. The van der Waals surface area contributed by atoms with Gasteiger partial charge in [0.1, 0.15) is 17.0 Å². The molecule has 0 bridgehead atoms. The average Bonchev–Trinajstić information content (AvgIpc) is 3.25. The summed E-state index contributed by atoms with van der Waals surface area (Å²) in [6, 6.07) is 23.6. The van der Waals surface area contributed by atoms with Crippen LogP contribution in [0.15, 0.2) is 126 Å². The highest BCUT2D eigenvalue weighted by atomic mass is 35.5. The van der Waals surface area contributed by atoms with Crippen molar-refractivity contribution in [3.05, 3.63) is 159 Å². The third-order valence-electron chi connectivity index (χ3n) is 11.0. The van der Waals surface area contributed by atoms with Crippen molar-refractivity contribution in [1.29, 1.82) is 0 Å². The van der Waals surface area contributed by atoms with Crippen LogP contribution in [0, 0.1) is 29.5 Å². The summed E-state index contributed by atoms with van der Waals surface area (Å²) >= 11 is 12.0. The topological polar surface area (TPSA) is 173 Å². The Labute approximate surface area is 381 Å². The second-order valence-electron chi connectivity index (χ2n) is 16.0. The predicted molar refractivity (Wildman–Crippen MR) is 242 cm³/mol. The number of carbonyl (C=O) groups is 3. The van der Waals surface area contributed by atoms with E-state index in [1.54, 1.807) is 65.7 Å². The van der Waals surface area contributed by atoms with E-state index in [1.807, 2.05) is 6.07 Å². The third kappa shape index (κ3) is 12.8. The lowest BCUT2D eigenvalue weighted by molar-refractivity contribution is -0.142. The van der Waals surface area contributed by atoms with Crippen LogP contribution in [0.25, 0.3) is 0 Å². The van der Waals surface area contributed by atoms with Gasteiger partial charge >= 0.3 is 5.97 Å². The van der Waals surface area contributed by atoms with Gasteiger partial charge in [0.05, 0.1) is 16.2 Å². The van der Waals surface area contributed by atoms with Crippen molar-refractivity contribution in [3.8, 4) is 23.7 Å². The predicted octanol–water partition coefficient (Wildman–Crippen LogP) is 7.30. The van der Waals surface area contributed by atoms with Crippen molar-refractivity contribution >= 4 is 50.8 Å². The van der Waals surface area contributed by atoms with Gasteiger partial charge in [0.15, 0.2) is 15.9 Å². The first kappa shape index (κ1) is 47.5. The van der Waals surface area contributed by atoms with Crippen LogP contribution in [-0.4, -0.2) is 82.0 Å². The van der Waals surface area contributed by atoms with E-state index in [2.05, 4.69) is 34.3 Å². The van der Waals surface area contributed by atoms with Gasteiger partial charge < -0.3 is 30.9 Å². The highest BCUT2D eigenvalue weighted by molar-refractivity contribution is 7.90. The molecule has 11 nitrogen and oxygen atoms in total. The molecule has 1 aliphatic heterocycles. The molecule has 64 heavy (non-hydrogen) atoms. The van der Waals surface area contributed by atoms with Gasteiger partial charge in [-0.2, -0.15) is 0 Å². The Kier molecular flexibility index (Phi) is 15.4. The van der Waals surface area contributed by atoms with Gasteiger partial charge in [-0.15, -0.1) is 0 Å². The number of benzene rings is 4. The van der Waals surface area contributed by atoms with E-state index in [1.165, 1.54) is 48.5 Å². The van der Waals surface area contributed by atoms with Gasteiger partial charge in [-0.3, -0.25) is 9.59 Å². The van der Waals surface area contributed by atoms with E-state index in [0.717, 1.165) is 24.7 Å². The van der Waals surface area contributed by atoms with Crippen LogP contribution in [0.3, 0.4) is 0 Å².